The highest BCUT2D eigenvalue weighted by molar-refractivity contribution is 8.03. The van der Waals surface area contributed by atoms with Crippen molar-refractivity contribution in [2.24, 2.45) is 0 Å². The Morgan fingerprint density at radius 1 is 0.440 bits per heavy atom. The summed E-state index contributed by atoms with van der Waals surface area (Å²) in [4.78, 5) is 14.1. The molecule has 9 aromatic carbocycles. The zero-order valence-corrected chi connectivity index (χ0v) is 43.2. The average Bonchev–Trinajstić information content (AvgIpc) is 4.06. The van der Waals surface area contributed by atoms with Crippen LogP contribution < -0.4 is 15.6 Å². The van der Waals surface area contributed by atoms with Crippen LogP contribution in [-0.2, 0) is 0 Å². The van der Waals surface area contributed by atoms with E-state index in [1.165, 1.54) is 91.4 Å². The van der Waals surface area contributed by atoms with E-state index in [1.54, 1.807) is 0 Å². The first-order valence-corrected chi connectivity index (χ1v) is 28.9. The van der Waals surface area contributed by atoms with Crippen molar-refractivity contribution in [3.05, 3.63) is 294 Å². The van der Waals surface area contributed by atoms with Crippen LogP contribution in [0.15, 0.2) is 282 Å². The van der Waals surface area contributed by atoms with Gasteiger partial charge in [0.15, 0.2) is 8.07 Å². The third-order valence-electron chi connectivity index (χ3n) is 15.6. The molecule has 3 aliphatic rings. The van der Waals surface area contributed by atoms with Gasteiger partial charge in [0.2, 0.25) is 5.95 Å². The molecule has 3 nitrogen and oxygen atoms in total. The number of nitrogens with zero attached hydrogens (tertiary/aromatic N) is 3. The Kier molecular flexibility index (Phi) is 11.4. The Bertz CT molecular complexity index is 3880. The fourth-order valence-electron chi connectivity index (χ4n) is 12.1. The summed E-state index contributed by atoms with van der Waals surface area (Å²) in [6, 6.07) is 89.6. The second kappa shape index (κ2) is 19.0. The molecule has 3 heterocycles. The van der Waals surface area contributed by atoms with Crippen LogP contribution in [0.3, 0.4) is 0 Å². The highest BCUT2D eigenvalue weighted by Crippen LogP contribution is 2.53. The highest BCUT2D eigenvalue weighted by atomic mass is 32.2. The maximum absolute atomic E-state index is 5.72. The molecule has 5 heteroatoms. The molecular formula is C70H51N3SSi. The fourth-order valence-corrected chi connectivity index (χ4v) is 18.3. The third kappa shape index (κ3) is 7.99. The van der Waals surface area contributed by atoms with Gasteiger partial charge in [0, 0.05) is 21.6 Å². The zero-order valence-electron chi connectivity index (χ0n) is 41.4. The van der Waals surface area contributed by atoms with Gasteiger partial charge in [-0.25, -0.2) is 9.97 Å². The molecule has 356 valence electrons. The van der Waals surface area contributed by atoms with Gasteiger partial charge in [-0.3, -0.25) is 4.57 Å². The Hall–Kier alpha value is -8.61. The molecule has 0 amide bonds. The second-order valence-electron chi connectivity index (χ2n) is 19.9. The van der Waals surface area contributed by atoms with Gasteiger partial charge in [0.1, 0.15) is 0 Å². The van der Waals surface area contributed by atoms with Crippen molar-refractivity contribution < 1.29 is 0 Å². The fraction of sp³-hybridized carbons (Fsp3) is 0.0571. The standard InChI is InChI=1S/C70H51N3SSi/c1-4-20-48(21-5-1)51-26-16-30-56(42-51)75(57-31-17-27-52(43-57)49-22-6-2-7-23-49,58-32-18-28-53(44-58)50-24-8-3-9-25-50)59-33-19-29-54(45-59)64-47-65(55-40-41-69-63(46-55)62-36-12-15-39-68(62)74-69)72-70(71-64)73-66-37-13-10-34-60(66)61-35-11-14-38-67(61)73/h1-18,20-28,30-45,47,63H,19,29,46H2. The van der Waals surface area contributed by atoms with Crippen molar-refractivity contribution in [3.8, 4) is 39.3 Å². The van der Waals surface area contributed by atoms with Gasteiger partial charge < -0.3 is 0 Å². The topological polar surface area (TPSA) is 30.7 Å². The SMILES string of the molecule is C1=C(c2cc(C3=CC=C4Sc5ccccc5C4C3)nc(-n3c4ccccc4c4ccccc43)n2)CCC=C1[Si](c1cccc(-c2ccccc2)c1)(c1cccc(-c2ccccc2)c1)c1cccc(-c2ccccc2)c1. The lowest BCUT2D eigenvalue weighted by Crippen LogP contribution is -2.68. The summed E-state index contributed by atoms with van der Waals surface area (Å²) >= 11 is 1.91. The molecule has 1 unspecified atom stereocenters. The van der Waals surface area contributed by atoms with E-state index in [1.807, 2.05) is 11.8 Å². The van der Waals surface area contributed by atoms with Crippen LogP contribution in [0, 0.1) is 0 Å². The van der Waals surface area contributed by atoms with E-state index in [9.17, 15) is 0 Å². The van der Waals surface area contributed by atoms with Crippen LogP contribution in [0.5, 0.6) is 0 Å². The number of hydrogen-bond donors (Lipinski definition) is 0. The van der Waals surface area contributed by atoms with E-state index in [0.717, 1.165) is 41.7 Å². The Morgan fingerprint density at radius 3 is 1.48 bits per heavy atom. The predicted molar refractivity (Wildman–Crippen MR) is 318 cm³/mol. The average molecular weight is 994 g/mol. The Morgan fingerprint density at radius 2 is 0.920 bits per heavy atom. The highest BCUT2D eigenvalue weighted by Gasteiger charge is 2.44. The molecule has 2 aromatic heterocycles. The molecule has 0 bridgehead atoms. The van der Waals surface area contributed by atoms with Gasteiger partial charge >= 0.3 is 0 Å². The first-order valence-electron chi connectivity index (χ1n) is 26.1. The third-order valence-corrected chi connectivity index (χ3v) is 21.6. The second-order valence-corrected chi connectivity index (χ2v) is 24.8. The van der Waals surface area contributed by atoms with Crippen LogP contribution in [0.4, 0.5) is 0 Å². The lowest BCUT2D eigenvalue weighted by atomic mass is 9.86. The number of fused-ring (bicyclic) bond motifs is 6. The molecule has 1 aliphatic heterocycles. The largest absolute Gasteiger partial charge is 0.278 e. The van der Waals surface area contributed by atoms with Crippen LogP contribution in [0.1, 0.15) is 42.1 Å². The predicted octanol–water partition coefficient (Wildman–Crippen LogP) is 15.9. The van der Waals surface area contributed by atoms with Gasteiger partial charge in [-0.15, -0.1) is 0 Å². The summed E-state index contributed by atoms with van der Waals surface area (Å²) in [6.45, 7) is 0. The van der Waals surface area contributed by atoms with E-state index < -0.39 is 8.07 Å². The number of benzene rings is 9. The quantitative estimate of drug-likeness (QED) is 0.101. The lowest BCUT2D eigenvalue weighted by molar-refractivity contribution is 0.842. The van der Waals surface area contributed by atoms with E-state index in [2.05, 4.69) is 272 Å². The number of para-hydroxylation sites is 2. The summed E-state index contributed by atoms with van der Waals surface area (Å²) < 4.78 is 2.29. The van der Waals surface area contributed by atoms with E-state index >= 15 is 0 Å². The van der Waals surface area contributed by atoms with Crippen molar-refractivity contribution in [2.75, 3.05) is 0 Å². The van der Waals surface area contributed by atoms with Crippen molar-refractivity contribution in [1.82, 2.24) is 14.5 Å². The van der Waals surface area contributed by atoms with Gasteiger partial charge in [-0.2, -0.15) is 0 Å². The maximum atomic E-state index is 5.72. The first-order chi connectivity index (χ1) is 37.2. The van der Waals surface area contributed by atoms with Crippen molar-refractivity contribution in [3.63, 3.8) is 0 Å². The van der Waals surface area contributed by atoms with Crippen LogP contribution in [0.2, 0.25) is 0 Å². The molecule has 0 radical (unpaired) electrons. The van der Waals surface area contributed by atoms with Crippen molar-refractivity contribution in [1.29, 1.82) is 0 Å². The van der Waals surface area contributed by atoms with Crippen molar-refractivity contribution >= 4 is 68.3 Å². The van der Waals surface area contributed by atoms with Crippen LogP contribution in [0.25, 0.3) is 72.3 Å². The molecule has 0 spiro atoms. The maximum Gasteiger partial charge on any atom is 0.235 e. The summed E-state index contributed by atoms with van der Waals surface area (Å²) in [5.41, 5.74) is 15.3. The molecule has 75 heavy (non-hydrogen) atoms. The molecule has 0 saturated carbocycles. The van der Waals surface area contributed by atoms with Crippen LogP contribution in [-0.4, -0.2) is 22.6 Å². The number of rotatable bonds is 10. The molecule has 0 fully saturated rings. The van der Waals surface area contributed by atoms with E-state index in [0.29, 0.717) is 11.9 Å². The minimum atomic E-state index is -3.21. The van der Waals surface area contributed by atoms with Crippen LogP contribution >= 0.6 is 11.8 Å². The summed E-state index contributed by atoms with van der Waals surface area (Å²) in [5.74, 6) is 1.00. The van der Waals surface area contributed by atoms with Crippen molar-refractivity contribution in [2.45, 2.75) is 30.1 Å². The monoisotopic (exact) mass is 993 g/mol. The molecule has 0 saturated heterocycles. The zero-order chi connectivity index (χ0) is 49.7. The molecule has 2 aliphatic carbocycles. The number of aromatic nitrogens is 3. The summed E-state index contributed by atoms with van der Waals surface area (Å²) in [7, 11) is -3.21. The summed E-state index contributed by atoms with van der Waals surface area (Å²) in [6.07, 6.45) is 12.4. The lowest BCUT2D eigenvalue weighted by Gasteiger charge is -2.37. The number of hydrogen-bond acceptors (Lipinski definition) is 3. The molecule has 1 atom stereocenters. The Balaban J connectivity index is 1.01. The van der Waals surface area contributed by atoms with Gasteiger partial charge in [-0.05, 0) is 119 Å². The Labute approximate surface area is 443 Å². The molecular weight excluding hydrogens is 943 g/mol. The van der Waals surface area contributed by atoms with Gasteiger partial charge in [0.25, 0.3) is 0 Å². The molecule has 0 N–H and O–H groups in total. The minimum absolute atomic E-state index is 0.307. The molecule has 14 rings (SSSR count). The van der Waals surface area contributed by atoms with Gasteiger partial charge in [0.05, 0.1) is 22.4 Å². The van der Waals surface area contributed by atoms with Gasteiger partial charge in [-0.1, -0.05) is 254 Å². The smallest absolute Gasteiger partial charge is 0.235 e. The first kappa shape index (κ1) is 45.0. The van der Waals surface area contributed by atoms with E-state index in [-0.39, 0.29) is 0 Å². The number of thioether (sulfide) groups is 1. The minimum Gasteiger partial charge on any atom is -0.278 e. The number of allylic oxidation sites excluding steroid dienone is 8. The normalized spacial score (nSPS) is 15.2. The van der Waals surface area contributed by atoms with E-state index in [4.69, 9.17) is 9.97 Å². The molecule has 11 aromatic rings. The summed E-state index contributed by atoms with van der Waals surface area (Å²) in [5, 5.41) is 7.75.